The summed E-state index contributed by atoms with van der Waals surface area (Å²) in [6.07, 6.45) is 0.415. The minimum atomic E-state index is -3.92. The quantitative estimate of drug-likeness (QED) is 0.614. The SMILES string of the molecule is Cc1ccc([N+](=O)[O-])cc1S(=O)(=O)NC[C@H]1CCS(=O)(=O)C1. The maximum Gasteiger partial charge on any atom is 0.270 e. The molecule has 1 atom stereocenters. The molecule has 1 aliphatic heterocycles. The maximum absolute atomic E-state index is 12.3. The van der Waals surface area contributed by atoms with Gasteiger partial charge in [0.2, 0.25) is 10.0 Å². The monoisotopic (exact) mass is 348 g/mol. The van der Waals surface area contributed by atoms with Crippen LogP contribution in [0.25, 0.3) is 0 Å². The molecule has 1 saturated heterocycles. The van der Waals surface area contributed by atoms with Gasteiger partial charge in [0.1, 0.15) is 0 Å². The second kappa shape index (κ2) is 5.94. The second-order valence-corrected chi connectivity index (χ2v) is 9.29. The Bertz CT molecular complexity index is 801. The third-order valence-electron chi connectivity index (χ3n) is 3.56. The van der Waals surface area contributed by atoms with E-state index in [1.54, 1.807) is 0 Å². The Kier molecular flexibility index (Phi) is 4.54. The molecule has 0 radical (unpaired) electrons. The van der Waals surface area contributed by atoms with Crippen molar-refractivity contribution in [2.45, 2.75) is 18.2 Å². The number of hydrogen-bond donors (Lipinski definition) is 1. The standard InChI is InChI=1S/C12H16N2O6S2/c1-9-2-3-11(14(15)16)6-12(9)22(19,20)13-7-10-4-5-21(17,18)8-10/h2-3,6,10,13H,4-5,7-8H2,1H3/t10-/m1/s1. The first-order valence-electron chi connectivity index (χ1n) is 6.56. The number of sulfonamides is 1. The van der Waals surface area contributed by atoms with Gasteiger partial charge < -0.3 is 0 Å². The Balaban J connectivity index is 2.17. The van der Waals surface area contributed by atoms with Gasteiger partial charge in [0.25, 0.3) is 5.69 Å². The summed E-state index contributed by atoms with van der Waals surface area (Å²) in [4.78, 5) is 9.92. The van der Waals surface area contributed by atoms with Crippen LogP contribution in [0, 0.1) is 23.0 Å². The van der Waals surface area contributed by atoms with Crippen LogP contribution in [0.5, 0.6) is 0 Å². The van der Waals surface area contributed by atoms with E-state index in [1.165, 1.54) is 19.1 Å². The van der Waals surface area contributed by atoms with Crippen LogP contribution in [-0.2, 0) is 19.9 Å². The number of hydrogen-bond acceptors (Lipinski definition) is 6. The van der Waals surface area contributed by atoms with Crippen LogP contribution in [-0.4, -0.2) is 39.8 Å². The fraction of sp³-hybridized carbons (Fsp3) is 0.500. The maximum atomic E-state index is 12.3. The van der Waals surface area contributed by atoms with Crippen molar-refractivity contribution in [1.82, 2.24) is 4.72 Å². The molecule has 122 valence electrons. The molecule has 0 bridgehead atoms. The summed E-state index contributed by atoms with van der Waals surface area (Å²) in [5.74, 6) is -0.239. The van der Waals surface area contributed by atoms with Gasteiger partial charge in [-0.3, -0.25) is 10.1 Å². The Morgan fingerprint density at radius 2 is 2.09 bits per heavy atom. The fourth-order valence-corrected chi connectivity index (χ4v) is 5.57. The molecule has 0 aromatic heterocycles. The summed E-state index contributed by atoms with van der Waals surface area (Å²) < 4.78 is 49.6. The van der Waals surface area contributed by atoms with E-state index < -0.39 is 24.8 Å². The molecule has 0 aliphatic carbocycles. The van der Waals surface area contributed by atoms with E-state index in [0.717, 1.165) is 6.07 Å². The summed E-state index contributed by atoms with van der Waals surface area (Å²) in [7, 11) is -7.00. The fourth-order valence-electron chi connectivity index (χ4n) is 2.33. The lowest BCUT2D eigenvalue weighted by atomic mass is 10.1. The van der Waals surface area contributed by atoms with Crippen molar-refractivity contribution in [3.05, 3.63) is 33.9 Å². The molecule has 1 fully saturated rings. The minimum absolute atomic E-state index is 0.00367. The topological polar surface area (TPSA) is 123 Å². The Morgan fingerprint density at radius 3 is 2.64 bits per heavy atom. The van der Waals surface area contributed by atoms with Gasteiger partial charge in [-0.25, -0.2) is 21.6 Å². The molecule has 8 nitrogen and oxygen atoms in total. The van der Waals surface area contributed by atoms with Crippen molar-refractivity contribution in [3.63, 3.8) is 0 Å². The minimum Gasteiger partial charge on any atom is -0.258 e. The van der Waals surface area contributed by atoms with E-state index in [-0.39, 0.29) is 34.6 Å². The molecule has 1 aromatic rings. The van der Waals surface area contributed by atoms with Crippen molar-refractivity contribution < 1.29 is 21.8 Å². The van der Waals surface area contributed by atoms with Gasteiger partial charge >= 0.3 is 0 Å². The summed E-state index contributed by atoms with van der Waals surface area (Å²) in [5, 5.41) is 10.8. The third-order valence-corrected chi connectivity index (χ3v) is 6.96. The Labute approximate surface area is 128 Å². The lowest BCUT2D eigenvalue weighted by Gasteiger charge is -2.12. The lowest BCUT2D eigenvalue weighted by Crippen LogP contribution is -2.30. The highest BCUT2D eigenvalue weighted by Gasteiger charge is 2.29. The zero-order valence-corrected chi connectivity index (χ0v) is 13.5. The highest BCUT2D eigenvalue weighted by molar-refractivity contribution is 7.91. The number of nitro groups is 1. The number of nitro benzene ring substituents is 1. The van der Waals surface area contributed by atoms with E-state index >= 15 is 0 Å². The molecule has 1 aliphatic rings. The zero-order valence-electron chi connectivity index (χ0n) is 11.9. The van der Waals surface area contributed by atoms with Crippen LogP contribution in [0.15, 0.2) is 23.1 Å². The molecule has 0 spiro atoms. The summed E-state index contributed by atoms with van der Waals surface area (Å²) in [6.45, 7) is 1.54. The number of sulfone groups is 1. The van der Waals surface area contributed by atoms with Crippen LogP contribution in [0.1, 0.15) is 12.0 Å². The van der Waals surface area contributed by atoms with Gasteiger partial charge in [-0.05, 0) is 24.8 Å². The van der Waals surface area contributed by atoms with E-state index in [0.29, 0.717) is 12.0 Å². The van der Waals surface area contributed by atoms with Gasteiger partial charge in [-0.2, -0.15) is 0 Å². The lowest BCUT2D eigenvalue weighted by molar-refractivity contribution is -0.385. The molecule has 1 N–H and O–H groups in total. The summed E-state index contributed by atoms with van der Waals surface area (Å²) in [5.41, 5.74) is 0.0755. The molecule has 1 heterocycles. The van der Waals surface area contributed by atoms with E-state index in [1.807, 2.05) is 0 Å². The average Bonchev–Trinajstić information content (AvgIpc) is 2.76. The van der Waals surface area contributed by atoms with Crippen molar-refractivity contribution in [1.29, 1.82) is 0 Å². The first kappa shape index (κ1) is 16.8. The number of nitrogens with zero attached hydrogens (tertiary/aromatic N) is 1. The van der Waals surface area contributed by atoms with Crippen molar-refractivity contribution in [3.8, 4) is 0 Å². The third kappa shape index (κ3) is 3.81. The highest BCUT2D eigenvalue weighted by Crippen LogP contribution is 2.23. The van der Waals surface area contributed by atoms with Crippen molar-refractivity contribution in [2.75, 3.05) is 18.1 Å². The molecular formula is C12H16N2O6S2. The number of nitrogens with one attached hydrogen (secondary N) is 1. The first-order valence-corrected chi connectivity index (χ1v) is 9.86. The summed E-state index contributed by atoms with van der Waals surface area (Å²) in [6, 6.07) is 3.60. The van der Waals surface area contributed by atoms with E-state index in [9.17, 15) is 26.9 Å². The highest BCUT2D eigenvalue weighted by atomic mass is 32.2. The van der Waals surface area contributed by atoms with Gasteiger partial charge in [0, 0.05) is 18.7 Å². The van der Waals surface area contributed by atoms with Crippen LogP contribution >= 0.6 is 0 Å². The summed E-state index contributed by atoms with van der Waals surface area (Å²) >= 11 is 0. The molecule has 10 heteroatoms. The van der Waals surface area contributed by atoms with Crippen molar-refractivity contribution in [2.24, 2.45) is 5.92 Å². The van der Waals surface area contributed by atoms with Crippen LogP contribution in [0.3, 0.4) is 0 Å². The average molecular weight is 348 g/mol. The molecule has 1 aromatic carbocycles. The molecule has 22 heavy (non-hydrogen) atoms. The molecule has 2 rings (SSSR count). The Hall–Kier alpha value is -1.52. The largest absolute Gasteiger partial charge is 0.270 e. The molecule has 0 saturated carbocycles. The normalized spacial score (nSPS) is 20.9. The smallest absolute Gasteiger partial charge is 0.258 e. The van der Waals surface area contributed by atoms with Gasteiger partial charge in [-0.15, -0.1) is 0 Å². The Morgan fingerprint density at radius 1 is 1.41 bits per heavy atom. The van der Waals surface area contributed by atoms with Gasteiger partial charge in [-0.1, -0.05) is 6.07 Å². The van der Waals surface area contributed by atoms with Crippen LogP contribution in [0.2, 0.25) is 0 Å². The predicted molar refractivity (Wildman–Crippen MR) is 79.8 cm³/mol. The second-order valence-electron chi connectivity index (χ2n) is 5.33. The predicted octanol–water partition coefficient (Wildman–Crippen LogP) is 0.616. The zero-order chi connectivity index (χ0) is 16.5. The molecular weight excluding hydrogens is 332 g/mol. The number of non-ortho nitro benzene ring substituents is 1. The molecule has 0 unspecified atom stereocenters. The van der Waals surface area contributed by atoms with Crippen LogP contribution in [0.4, 0.5) is 5.69 Å². The number of benzene rings is 1. The number of aryl methyl sites for hydroxylation is 1. The van der Waals surface area contributed by atoms with E-state index in [2.05, 4.69) is 4.72 Å². The van der Waals surface area contributed by atoms with Gasteiger partial charge in [0.05, 0.1) is 21.3 Å². The van der Waals surface area contributed by atoms with Crippen LogP contribution < -0.4 is 4.72 Å². The molecule has 0 amide bonds. The number of rotatable bonds is 5. The van der Waals surface area contributed by atoms with E-state index in [4.69, 9.17) is 0 Å². The van der Waals surface area contributed by atoms with Gasteiger partial charge in [0.15, 0.2) is 9.84 Å². The van der Waals surface area contributed by atoms with Crippen molar-refractivity contribution >= 4 is 25.5 Å². The first-order chi connectivity index (χ1) is 10.1.